The Morgan fingerprint density at radius 1 is 1.28 bits per heavy atom. The lowest BCUT2D eigenvalue weighted by atomic mass is 10.0. The van der Waals surface area contributed by atoms with Gasteiger partial charge in [-0.3, -0.25) is 9.59 Å². The van der Waals surface area contributed by atoms with E-state index >= 15 is 0 Å². The molecule has 0 radical (unpaired) electrons. The topological polar surface area (TPSA) is 81.7 Å². The summed E-state index contributed by atoms with van der Waals surface area (Å²) in [5.41, 5.74) is 3.07. The summed E-state index contributed by atoms with van der Waals surface area (Å²) in [6.45, 7) is 6.22. The largest absolute Gasteiger partial charge is 0.391 e. The van der Waals surface area contributed by atoms with Crippen molar-refractivity contribution in [3.63, 3.8) is 0 Å². The van der Waals surface area contributed by atoms with Gasteiger partial charge in [0.05, 0.1) is 6.10 Å². The number of aryl methyl sites for hydroxylation is 2. The molecule has 0 spiro atoms. The van der Waals surface area contributed by atoms with Crippen molar-refractivity contribution in [1.82, 2.24) is 10.6 Å². The van der Waals surface area contributed by atoms with E-state index in [0.29, 0.717) is 32.6 Å². The summed E-state index contributed by atoms with van der Waals surface area (Å²) in [5.74, 6) is -0.980. The number of hydrogen-bond donors (Lipinski definition) is 3. The lowest BCUT2D eigenvalue weighted by Crippen LogP contribution is -2.40. The number of aliphatic hydroxyl groups excluding tert-OH is 1. The molecule has 3 rings (SSSR count). The van der Waals surface area contributed by atoms with E-state index in [1.54, 1.807) is 4.90 Å². The highest BCUT2D eigenvalue weighted by Gasteiger charge is 2.38. The Kier molecular flexibility index (Phi) is 6.43. The molecule has 2 aliphatic rings. The van der Waals surface area contributed by atoms with Gasteiger partial charge in [-0.2, -0.15) is 0 Å². The van der Waals surface area contributed by atoms with Crippen LogP contribution in [-0.2, 0) is 9.59 Å². The number of carbonyl (C=O) groups excluding carboxylic acids is 2. The van der Waals surface area contributed by atoms with Crippen LogP contribution in [0.3, 0.4) is 0 Å². The van der Waals surface area contributed by atoms with Crippen molar-refractivity contribution in [1.29, 1.82) is 0 Å². The lowest BCUT2D eigenvalue weighted by Gasteiger charge is -2.19. The SMILES string of the molecule is Cc1cc(C)cc(N2CCC(C(=O)NCC3CNCC3O)C2=O)c1.Cl. The van der Waals surface area contributed by atoms with Crippen LogP contribution in [0, 0.1) is 25.7 Å². The Labute approximate surface area is 154 Å². The molecule has 0 aliphatic carbocycles. The highest BCUT2D eigenvalue weighted by Crippen LogP contribution is 2.27. The number of anilines is 1. The van der Waals surface area contributed by atoms with Crippen molar-refractivity contribution < 1.29 is 14.7 Å². The first-order valence-corrected chi connectivity index (χ1v) is 8.52. The Bertz CT molecular complexity index is 632. The van der Waals surface area contributed by atoms with Crippen LogP contribution in [0.15, 0.2) is 18.2 Å². The van der Waals surface area contributed by atoms with Crippen molar-refractivity contribution in [2.75, 3.05) is 31.1 Å². The van der Waals surface area contributed by atoms with Crippen molar-refractivity contribution in [3.8, 4) is 0 Å². The number of hydrogen-bond acceptors (Lipinski definition) is 4. The summed E-state index contributed by atoms with van der Waals surface area (Å²) in [6.07, 6.45) is 0.0969. The molecule has 2 amide bonds. The predicted molar refractivity (Wildman–Crippen MR) is 99.0 cm³/mol. The summed E-state index contributed by atoms with van der Waals surface area (Å²) in [6, 6.07) is 6.02. The lowest BCUT2D eigenvalue weighted by molar-refractivity contribution is -0.132. The fourth-order valence-electron chi connectivity index (χ4n) is 3.57. The van der Waals surface area contributed by atoms with E-state index in [2.05, 4.69) is 16.7 Å². The van der Waals surface area contributed by atoms with Crippen molar-refractivity contribution in [3.05, 3.63) is 29.3 Å². The molecule has 2 saturated heterocycles. The maximum atomic E-state index is 12.6. The highest BCUT2D eigenvalue weighted by molar-refractivity contribution is 6.09. The van der Waals surface area contributed by atoms with E-state index in [4.69, 9.17) is 0 Å². The molecule has 2 heterocycles. The Hall–Kier alpha value is -1.63. The van der Waals surface area contributed by atoms with Gasteiger partial charge >= 0.3 is 0 Å². The average molecular weight is 368 g/mol. The van der Waals surface area contributed by atoms with Gasteiger partial charge in [0.15, 0.2) is 0 Å². The van der Waals surface area contributed by atoms with Gasteiger partial charge in [-0.05, 0) is 43.5 Å². The first kappa shape index (κ1) is 19.7. The van der Waals surface area contributed by atoms with Crippen LogP contribution in [0.2, 0.25) is 0 Å². The van der Waals surface area contributed by atoms with Gasteiger partial charge in [0.25, 0.3) is 0 Å². The quantitative estimate of drug-likeness (QED) is 0.687. The number of nitrogens with one attached hydrogen (secondary N) is 2. The van der Waals surface area contributed by atoms with Crippen LogP contribution >= 0.6 is 12.4 Å². The van der Waals surface area contributed by atoms with Crippen molar-refractivity contribution in [2.24, 2.45) is 11.8 Å². The minimum Gasteiger partial charge on any atom is -0.391 e. The second-order valence-corrected chi connectivity index (χ2v) is 6.91. The van der Waals surface area contributed by atoms with Crippen LogP contribution in [0.1, 0.15) is 17.5 Å². The molecule has 1 aromatic carbocycles. The number of aliphatic hydroxyl groups is 1. The standard InChI is InChI=1S/C18H25N3O3.ClH/c1-11-5-12(2)7-14(6-11)21-4-3-15(18(21)24)17(23)20-9-13-8-19-10-16(13)22;/h5-7,13,15-16,19,22H,3-4,8-10H2,1-2H3,(H,20,23);1H. The van der Waals surface area contributed by atoms with Gasteiger partial charge in [0, 0.05) is 37.8 Å². The number of carbonyl (C=O) groups is 2. The third kappa shape index (κ3) is 4.32. The number of β-amino-alcohol motifs (C(OH)–C–C–N with tert-alkyl or cyclic N) is 1. The maximum Gasteiger partial charge on any atom is 0.239 e. The maximum absolute atomic E-state index is 12.6. The predicted octanol–water partition coefficient (Wildman–Crippen LogP) is 0.775. The number of nitrogens with zero attached hydrogens (tertiary/aromatic N) is 1. The van der Waals surface area contributed by atoms with E-state index in [0.717, 1.165) is 16.8 Å². The van der Waals surface area contributed by atoms with Crippen LogP contribution in [-0.4, -0.2) is 49.2 Å². The molecule has 3 unspecified atom stereocenters. The molecule has 2 aliphatic heterocycles. The number of amides is 2. The Morgan fingerprint density at radius 3 is 2.56 bits per heavy atom. The molecule has 7 heteroatoms. The Balaban J connectivity index is 0.00000225. The van der Waals surface area contributed by atoms with Crippen molar-refractivity contribution >= 4 is 29.9 Å². The molecule has 6 nitrogen and oxygen atoms in total. The minimum atomic E-state index is -0.627. The zero-order chi connectivity index (χ0) is 17.3. The fourth-order valence-corrected chi connectivity index (χ4v) is 3.57. The molecule has 1 aromatic rings. The molecule has 2 fully saturated rings. The van der Waals surface area contributed by atoms with Crippen molar-refractivity contribution in [2.45, 2.75) is 26.4 Å². The van der Waals surface area contributed by atoms with E-state index < -0.39 is 12.0 Å². The van der Waals surface area contributed by atoms with Gasteiger partial charge < -0.3 is 20.6 Å². The number of benzene rings is 1. The van der Waals surface area contributed by atoms with Crippen LogP contribution in [0.25, 0.3) is 0 Å². The molecule has 0 bridgehead atoms. The molecular formula is C18H26ClN3O3. The second kappa shape index (κ2) is 8.17. The monoisotopic (exact) mass is 367 g/mol. The molecule has 138 valence electrons. The molecule has 25 heavy (non-hydrogen) atoms. The van der Waals surface area contributed by atoms with E-state index in [1.165, 1.54) is 0 Å². The summed E-state index contributed by atoms with van der Waals surface area (Å²) in [4.78, 5) is 26.7. The minimum absolute atomic E-state index is 0. The smallest absolute Gasteiger partial charge is 0.239 e. The summed E-state index contributed by atoms with van der Waals surface area (Å²) < 4.78 is 0. The summed E-state index contributed by atoms with van der Waals surface area (Å²) in [5, 5.41) is 15.7. The van der Waals surface area contributed by atoms with Crippen LogP contribution in [0.5, 0.6) is 0 Å². The normalized spacial score (nSPS) is 25.8. The van der Waals surface area contributed by atoms with Crippen LogP contribution < -0.4 is 15.5 Å². The highest BCUT2D eigenvalue weighted by atomic mass is 35.5. The summed E-state index contributed by atoms with van der Waals surface area (Å²) >= 11 is 0. The third-order valence-electron chi connectivity index (χ3n) is 4.88. The molecule has 0 aromatic heterocycles. The first-order chi connectivity index (χ1) is 11.5. The van der Waals surface area contributed by atoms with Gasteiger partial charge in [0.1, 0.15) is 5.92 Å². The molecule has 3 atom stereocenters. The summed E-state index contributed by atoms with van der Waals surface area (Å²) in [7, 11) is 0. The van der Waals surface area contributed by atoms with E-state index in [-0.39, 0.29) is 30.1 Å². The molecular weight excluding hydrogens is 342 g/mol. The first-order valence-electron chi connectivity index (χ1n) is 8.52. The number of rotatable bonds is 4. The molecule has 3 N–H and O–H groups in total. The van der Waals surface area contributed by atoms with Gasteiger partial charge in [-0.1, -0.05) is 6.07 Å². The molecule has 0 saturated carbocycles. The number of halogens is 1. The van der Waals surface area contributed by atoms with Crippen LogP contribution in [0.4, 0.5) is 5.69 Å². The van der Waals surface area contributed by atoms with E-state index in [9.17, 15) is 14.7 Å². The Morgan fingerprint density at radius 2 is 1.96 bits per heavy atom. The average Bonchev–Trinajstić information content (AvgIpc) is 3.10. The zero-order valence-corrected chi connectivity index (χ0v) is 15.4. The van der Waals surface area contributed by atoms with Gasteiger partial charge in [-0.15, -0.1) is 12.4 Å². The zero-order valence-electron chi connectivity index (χ0n) is 14.6. The van der Waals surface area contributed by atoms with Gasteiger partial charge in [0.2, 0.25) is 11.8 Å². The van der Waals surface area contributed by atoms with Gasteiger partial charge in [-0.25, -0.2) is 0 Å². The second-order valence-electron chi connectivity index (χ2n) is 6.91. The fraction of sp³-hybridized carbons (Fsp3) is 0.556. The van der Waals surface area contributed by atoms with E-state index in [1.807, 2.05) is 26.0 Å². The third-order valence-corrected chi connectivity index (χ3v) is 4.88.